The lowest BCUT2D eigenvalue weighted by Gasteiger charge is -2.29. The fraction of sp³-hybridized carbons (Fsp3) is 0.500. The topological polar surface area (TPSA) is 57.6 Å². The molecular weight excluding hydrogens is 254 g/mol. The van der Waals surface area contributed by atoms with Gasteiger partial charge in [-0.2, -0.15) is 0 Å². The lowest BCUT2D eigenvalue weighted by Crippen LogP contribution is -2.38. The highest BCUT2D eigenvalue weighted by molar-refractivity contribution is 5.84. The van der Waals surface area contributed by atoms with Gasteiger partial charge >= 0.3 is 5.97 Å². The summed E-state index contributed by atoms with van der Waals surface area (Å²) in [4.78, 5) is 25.2. The van der Waals surface area contributed by atoms with Crippen LogP contribution in [-0.4, -0.2) is 28.9 Å². The van der Waals surface area contributed by atoms with Gasteiger partial charge in [-0.05, 0) is 24.0 Å². The third-order valence-corrected chi connectivity index (χ3v) is 4.45. The maximum atomic E-state index is 12.4. The second kappa shape index (κ2) is 5.65. The number of carbonyl (C=O) groups is 2. The maximum Gasteiger partial charge on any atom is 0.307 e. The number of amides is 1. The van der Waals surface area contributed by atoms with Gasteiger partial charge in [0.05, 0.1) is 12.0 Å². The van der Waals surface area contributed by atoms with E-state index >= 15 is 0 Å². The molecule has 0 fully saturated rings. The molecule has 2 rings (SSSR count). The van der Waals surface area contributed by atoms with Crippen molar-refractivity contribution < 1.29 is 14.7 Å². The molecule has 1 amide bonds. The monoisotopic (exact) mass is 275 g/mol. The van der Waals surface area contributed by atoms with E-state index < -0.39 is 17.8 Å². The van der Waals surface area contributed by atoms with Gasteiger partial charge < -0.3 is 10.0 Å². The van der Waals surface area contributed by atoms with E-state index in [0.717, 1.165) is 12.8 Å². The van der Waals surface area contributed by atoms with Gasteiger partial charge in [-0.1, -0.05) is 38.1 Å². The van der Waals surface area contributed by atoms with Crippen LogP contribution in [0.2, 0.25) is 0 Å². The third-order valence-electron chi connectivity index (χ3n) is 4.45. The molecule has 1 aliphatic carbocycles. The van der Waals surface area contributed by atoms with Crippen LogP contribution in [0.15, 0.2) is 24.3 Å². The van der Waals surface area contributed by atoms with E-state index in [-0.39, 0.29) is 11.9 Å². The zero-order valence-corrected chi connectivity index (χ0v) is 12.2. The number of carboxylic acids is 1. The number of carbonyl (C=O) groups excluding carboxylic acids is 1. The number of rotatable bonds is 4. The first-order chi connectivity index (χ1) is 9.43. The highest BCUT2D eigenvalue weighted by Gasteiger charge is 2.33. The minimum atomic E-state index is -0.925. The van der Waals surface area contributed by atoms with Crippen molar-refractivity contribution in [3.05, 3.63) is 35.4 Å². The van der Waals surface area contributed by atoms with E-state index in [0.29, 0.717) is 0 Å². The Morgan fingerprint density at radius 1 is 1.25 bits per heavy atom. The molecule has 4 heteroatoms. The van der Waals surface area contributed by atoms with E-state index in [1.54, 1.807) is 25.8 Å². The SMILES string of the molecule is CC(C(=O)O)C(C)C(=O)N(C)C1CCc2ccccc21. The van der Waals surface area contributed by atoms with Crippen molar-refractivity contribution in [2.75, 3.05) is 7.05 Å². The Morgan fingerprint density at radius 2 is 1.90 bits per heavy atom. The van der Waals surface area contributed by atoms with E-state index in [2.05, 4.69) is 12.1 Å². The standard InChI is InChI=1S/C16H21NO3/c1-10(11(2)16(19)20)15(18)17(3)14-9-8-12-6-4-5-7-13(12)14/h4-7,10-11,14H,8-9H2,1-3H3,(H,19,20). The first-order valence-corrected chi connectivity index (χ1v) is 7.00. The average Bonchev–Trinajstić information content (AvgIpc) is 2.87. The van der Waals surface area contributed by atoms with Crippen molar-refractivity contribution in [3.63, 3.8) is 0 Å². The second-order valence-electron chi connectivity index (χ2n) is 5.62. The minimum Gasteiger partial charge on any atom is -0.481 e. The van der Waals surface area contributed by atoms with Crippen molar-refractivity contribution in [3.8, 4) is 0 Å². The van der Waals surface area contributed by atoms with Crippen LogP contribution in [0.3, 0.4) is 0 Å². The van der Waals surface area contributed by atoms with Gasteiger partial charge in [0.1, 0.15) is 0 Å². The van der Waals surface area contributed by atoms with Gasteiger partial charge in [-0.3, -0.25) is 9.59 Å². The molecule has 0 bridgehead atoms. The molecule has 108 valence electrons. The molecule has 1 aromatic rings. The Balaban J connectivity index is 2.15. The summed E-state index contributed by atoms with van der Waals surface area (Å²) in [5.41, 5.74) is 2.48. The smallest absolute Gasteiger partial charge is 0.307 e. The Hall–Kier alpha value is -1.84. The van der Waals surface area contributed by atoms with Crippen molar-refractivity contribution >= 4 is 11.9 Å². The molecule has 0 saturated carbocycles. The Bertz CT molecular complexity index is 526. The number of fused-ring (bicyclic) bond motifs is 1. The maximum absolute atomic E-state index is 12.4. The number of hydrogen-bond acceptors (Lipinski definition) is 2. The molecule has 1 aliphatic rings. The van der Waals surface area contributed by atoms with Crippen molar-refractivity contribution in [1.29, 1.82) is 0 Å². The summed E-state index contributed by atoms with van der Waals surface area (Å²) >= 11 is 0. The summed E-state index contributed by atoms with van der Waals surface area (Å²) in [7, 11) is 1.78. The highest BCUT2D eigenvalue weighted by Crippen LogP contribution is 2.35. The molecule has 20 heavy (non-hydrogen) atoms. The van der Waals surface area contributed by atoms with Gasteiger partial charge in [-0.25, -0.2) is 0 Å². The molecule has 0 aliphatic heterocycles. The Kier molecular flexibility index (Phi) is 4.12. The van der Waals surface area contributed by atoms with E-state index in [9.17, 15) is 9.59 Å². The van der Waals surface area contributed by atoms with Crippen molar-refractivity contribution in [2.45, 2.75) is 32.7 Å². The van der Waals surface area contributed by atoms with Gasteiger partial charge in [0.25, 0.3) is 0 Å². The fourth-order valence-corrected chi connectivity index (χ4v) is 2.84. The van der Waals surface area contributed by atoms with Crippen LogP contribution in [0.1, 0.15) is 37.4 Å². The second-order valence-corrected chi connectivity index (χ2v) is 5.62. The number of nitrogens with zero attached hydrogens (tertiary/aromatic N) is 1. The van der Waals surface area contributed by atoms with Crippen LogP contribution in [0.4, 0.5) is 0 Å². The third kappa shape index (κ3) is 2.55. The quantitative estimate of drug-likeness (QED) is 0.918. The molecule has 1 aromatic carbocycles. The number of carboxylic acid groups (broad SMARTS) is 1. The van der Waals surface area contributed by atoms with E-state index in [1.165, 1.54) is 11.1 Å². The molecule has 0 heterocycles. The molecule has 3 atom stereocenters. The van der Waals surface area contributed by atoms with Crippen LogP contribution in [0.5, 0.6) is 0 Å². The molecule has 4 nitrogen and oxygen atoms in total. The summed E-state index contributed by atoms with van der Waals surface area (Å²) in [5, 5.41) is 9.04. The van der Waals surface area contributed by atoms with Crippen LogP contribution in [-0.2, 0) is 16.0 Å². The molecule has 0 saturated heterocycles. The zero-order valence-electron chi connectivity index (χ0n) is 12.2. The van der Waals surface area contributed by atoms with Gasteiger partial charge in [0.2, 0.25) is 5.91 Å². The lowest BCUT2D eigenvalue weighted by molar-refractivity contribution is -0.149. The number of aryl methyl sites for hydroxylation is 1. The van der Waals surface area contributed by atoms with Crippen molar-refractivity contribution in [1.82, 2.24) is 4.90 Å². The molecule has 0 radical (unpaired) electrons. The van der Waals surface area contributed by atoms with E-state index in [1.807, 2.05) is 12.1 Å². The largest absolute Gasteiger partial charge is 0.481 e. The van der Waals surface area contributed by atoms with Crippen LogP contribution in [0, 0.1) is 11.8 Å². The molecule has 1 N–H and O–H groups in total. The zero-order chi connectivity index (χ0) is 14.9. The summed E-state index contributed by atoms with van der Waals surface area (Å²) in [6.07, 6.45) is 1.89. The normalized spacial score (nSPS) is 20.1. The van der Waals surface area contributed by atoms with Gasteiger partial charge in [0.15, 0.2) is 0 Å². The summed E-state index contributed by atoms with van der Waals surface area (Å²) in [6.45, 7) is 3.28. The molecule has 3 unspecified atom stereocenters. The average molecular weight is 275 g/mol. The molecule has 0 spiro atoms. The summed E-state index contributed by atoms with van der Waals surface area (Å²) in [6, 6.07) is 8.22. The predicted molar refractivity (Wildman–Crippen MR) is 76.2 cm³/mol. The Labute approximate surface area is 119 Å². The number of benzene rings is 1. The van der Waals surface area contributed by atoms with E-state index in [4.69, 9.17) is 5.11 Å². The highest BCUT2D eigenvalue weighted by atomic mass is 16.4. The van der Waals surface area contributed by atoms with Crippen molar-refractivity contribution in [2.24, 2.45) is 11.8 Å². The summed E-state index contributed by atoms with van der Waals surface area (Å²) in [5.74, 6) is -2.19. The van der Waals surface area contributed by atoms with Crippen LogP contribution >= 0.6 is 0 Å². The first kappa shape index (κ1) is 14.6. The fourth-order valence-electron chi connectivity index (χ4n) is 2.84. The summed E-state index contributed by atoms with van der Waals surface area (Å²) < 4.78 is 0. The first-order valence-electron chi connectivity index (χ1n) is 7.00. The molecule has 0 aromatic heterocycles. The number of hydrogen-bond donors (Lipinski definition) is 1. The number of aliphatic carboxylic acids is 1. The molecular formula is C16H21NO3. The van der Waals surface area contributed by atoms with Gasteiger partial charge in [0, 0.05) is 13.0 Å². The Morgan fingerprint density at radius 3 is 2.55 bits per heavy atom. The van der Waals surface area contributed by atoms with Gasteiger partial charge in [-0.15, -0.1) is 0 Å². The predicted octanol–water partition coefficient (Wildman–Crippen LogP) is 2.49. The minimum absolute atomic E-state index is 0.0714. The van der Waals surface area contributed by atoms with Crippen LogP contribution in [0.25, 0.3) is 0 Å². The van der Waals surface area contributed by atoms with Crippen LogP contribution < -0.4 is 0 Å². The lowest BCUT2D eigenvalue weighted by atomic mass is 9.94.